The number of hydrogen-bond donors (Lipinski definition) is 1. The monoisotopic (exact) mass is 517 g/mol. The number of halogens is 1. The molecule has 1 atom stereocenters. The molecule has 4 rings (SSSR count). The zero-order valence-electron chi connectivity index (χ0n) is 20.1. The molecule has 2 aromatic rings. The minimum atomic E-state index is -3.70. The summed E-state index contributed by atoms with van der Waals surface area (Å²) in [4.78, 5) is 29.6. The van der Waals surface area contributed by atoms with E-state index in [1.807, 2.05) is 0 Å². The van der Waals surface area contributed by atoms with Gasteiger partial charge in [0.25, 0.3) is 11.7 Å². The second kappa shape index (κ2) is 10.5. The van der Waals surface area contributed by atoms with Gasteiger partial charge in [0.2, 0.25) is 10.0 Å². The second-order valence-electron chi connectivity index (χ2n) is 8.78. The Morgan fingerprint density at radius 2 is 1.69 bits per heavy atom. The van der Waals surface area contributed by atoms with Gasteiger partial charge in [-0.05, 0) is 30.3 Å². The Hall–Kier alpha value is -3.12. The molecule has 0 aromatic heterocycles. The van der Waals surface area contributed by atoms with Crippen LogP contribution in [0.25, 0.3) is 5.76 Å². The standard InChI is InChI=1S/C25H28FN3O6S/c1-27(2)36(33,34)18-9-7-17(8-10-18)23(30)21-22(19-5-3-4-6-20(19)26)29(25(32)24(21)31)12-11-28-13-15-35-16-14-28/h3-10,22,30H,11-16H2,1-2H3. The van der Waals surface area contributed by atoms with Gasteiger partial charge in [-0.1, -0.05) is 18.2 Å². The zero-order chi connectivity index (χ0) is 26.0. The lowest BCUT2D eigenvalue weighted by Gasteiger charge is -2.31. The molecule has 9 nitrogen and oxygen atoms in total. The van der Waals surface area contributed by atoms with Gasteiger partial charge in [-0.25, -0.2) is 17.1 Å². The quantitative estimate of drug-likeness (QED) is 0.339. The number of likely N-dealkylation sites (tertiary alicyclic amines) is 1. The number of benzene rings is 2. The molecule has 1 N–H and O–H groups in total. The number of carbonyl (C=O) groups is 2. The molecule has 0 aliphatic carbocycles. The smallest absolute Gasteiger partial charge is 0.295 e. The van der Waals surface area contributed by atoms with Crippen LogP contribution in [0.1, 0.15) is 17.2 Å². The fourth-order valence-corrected chi connectivity index (χ4v) is 5.26. The summed E-state index contributed by atoms with van der Waals surface area (Å²) in [6.45, 7) is 3.09. The van der Waals surface area contributed by atoms with Gasteiger partial charge in [-0.15, -0.1) is 0 Å². The van der Waals surface area contributed by atoms with Crippen LogP contribution >= 0.6 is 0 Å². The molecule has 1 unspecified atom stereocenters. The normalized spacial score (nSPS) is 20.9. The first-order chi connectivity index (χ1) is 17.1. The predicted octanol–water partition coefficient (Wildman–Crippen LogP) is 1.83. The topological polar surface area (TPSA) is 107 Å². The number of ether oxygens (including phenoxy) is 1. The minimum Gasteiger partial charge on any atom is -0.507 e. The van der Waals surface area contributed by atoms with Crippen LogP contribution in [-0.2, 0) is 24.3 Å². The van der Waals surface area contributed by atoms with Gasteiger partial charge in [-0.2, -0.15) is 0 Å². The van der Waals surface area contributed by atoms with Crippen LogP contribution < -0.4 is 0 Å². The molecule has 2 aliphatic rings. The van der Waals surface area contributed by atoms with Gasteiger partial charge >= 0.3 is 0 Å². The van der Waals surface area contributed by atoms with E-state index >= 15 is 0 Å². The number of carbonyl (C=O) groups excluding carboxylic acids is 2. The maximum absolute atomic E-state index is 14.9. The van der Waals surface area contributed by atoms with E-state index in [9.17, 15) is 27.5 Å². The van der Waals surface area contributed by atoms with Crippen LogP contribution in [0.5, 0.6) is 0 Å². The lowest BCUT2D eigenvalue weighted by Crippen LogP contribution is -2.42. The highest BCUT2D eigenvalue weighted by molar-refractivity contribution is 7.89. The summed E-state index contributed by atoms with van der Waals surface area (Å²) in [6, 6.07) is 10.00. The number of hydrogen-bond acceptors (Lipinski definition) is 7. The lowest BCUT2D eigenvalue weighted by atomic mass is 9.95. The molecule has 0 spiro atoms. The van der Waals surface area contributed by atoms with E-state index in [2.05, 4.69) is 4.90 Å². The van der Waals surface area contributed by atoms with Crippen molar-refractivity contribution in [3.05, 3.63) is 71.0 Å². The molecule has 2 heterocycles. The number of Topliss-reactive ketones (excluding diaryl/α,β-unsaturated/α-hetero) is 1. The van der Waals surface area contributed by atoms with Gasteiger partial charge in [0.05, 0.1) is 29.7 Å². The third-order valence-electron chi connectivity index (χ3n) is 6.41. The summed E-state index contributed by atoms with van der Waals surface area (Å²) in [5.74, 6) is -2.86. The number of sulfonamides is 1. The van der Waals surface area contributed by atoms with E-state index in [0.717, 1.165) is 4.31 Å². The van der Waals surface area contributed by atoms with E-state index < -0.39 is 39.3 Å². The molecule has 2 aliphatic heterocycles. The summed E-state index contributed by atoms with van der Waals surface area (Å²) in [5, 5.41) is 11.1. The SMILES string of the molecule is CN(C)S(=O)(=O)c1ccc(C(O)=C2C(=O)C(=O)N(CCN3CCOCC3)C2c2ccccc2F)cc1. The fraction of sp³-hybridized carbons (Fsp3) is 0.360. The van der Waals surface area contributed by atoms with E-state index in [4.69, 9.17) is 4.74 Å². The molecular formula is C25H28FN3O6S. The van der Waals surface area contributed by atoms with Crippen molar-refractivity contribution in [2.24, 2.45) is 0 Å². The van der Waals surface area contributed by atoms with E-state index in [0.29, 0.717) is 32.8 Å². The first-order valence-electron chi connectivity index (χ1n) is 11.5. The Bertz CT molecular complexity index is 1290. The Morgan fingerprint density at radius 3 is 2.31 bits per heavy atom. The van der Waals surface area contributed by atoms with Crippen LogP contribution in [-0.4, -0.2) is 92.8 Å². The predicted molar refractivity (Wildman–Crippen MR) is 130 cm³/mol. The molecular weight excluding hydrogens is 489 g/mol. The first-order valence-corrected chi connectivity index (χ1v) is 12.9. The van der Waals surface area contributed by atoms with Crippen molar-refractivity contribution in [1.29, 1.82) is 0 Å². The van der Waals surface area contributed by atoms with Gasteiger partial charge < -0.3 is 14.7 Å². The largest absolute Gasteiger partial charge is 0.507 e. The van der Waals surface area contributed by atoms with Gasteiger partial charge in [-0.3, -0.25) is 14.5 Å². The summed E-state index contributed by atoms with van der Waals surface area (Å²) in [5.41, 5.74) is -0.0115. The number of morpholine rings is 1. The van der Waals surface area contributed by atoms with Crippen LogP contribution in [0.15, 0.2) is 59.0 Å². The third-order valence-corrected chi connectivity index (χ3v) is 8.24. The van der Waals surface area contributed by atoms with Gasteiger partial charge in [0, 0.05) is 51.4 Å². The van der Waals surface area contributed by atoms with E-state index in [1.165, 1.54) is 61.5 Å². The highest BCUT2D eigenvalue weighted by Gasteiger charge is 2.46. The third kappa shape index (κ3) is 4.92. The van der Waals surface area contributed by atoms with Crippen molar-refractivity contribution < 1.29 is 32.2 Å². The Kier molecular flexibility index (Phi) is 7.55. The molecule has 0 radical (unpaired) electrons. The summed E-state index contributed by atoms with van der Waals surface area (Å²) < 4.78 is 46.1. The number of nitrogens with zero attached hydrogens (tertiary/aromatic N) is 3. The van der Waals surface area contributed by atoms with Crippen LogP contribution in [0.2, 0.25) is 0 Å². The maximum atomic E-state index is 14.9. The van der Waals surface area contributed by atoms with Crippen molar-refractivity contribution >= 4 is 27.5 Å². The molecule has 2 aromatic carbocycles. The number of aliphatic hydroxyl groups excluding tert-OH is 1. The highest BCUT2D eigenvalue weighted by atomic mass is 32.2. The Labute approximate surface area is 209 Å². The van der Waals surface area contributed by atoms with E-state index in [-0.39, 0.29) is 28.1 Å². The van der Waals surface area contributed by atoms with Crippen molar-refractivity contribution in [1.82, 2.24) is 14.1 Å². The Morgan fingerprint density at radius 1 is 1.06 bits per heavy atom. The fourth-order valence-electron chi connectivity index (χ4n) is 4.36. The number of aliphatic hydroxyl groups is 1. The van der Waals surface area contributed by atoms with Crippen molar-refractivity contribution in [3.63, 3.8) is 0 Å². The second-order valence-corrected chi connectivity index (χ2v) is 10.9. The van der Waals surface area contributed by atoms with Crippen LogP contribution in [0, 0.1) is 5.82 Å². The average Bonchev–Trinajstić information content (AvgIpc) is 3.12. The molecule has 11 heteroatoms. The molecule has 2 saturated heterocycles. The summed E-state index contributed by atoms with van der Waals surface area (Å²) >= 11 is 0. The summed E-state index contributed by atoms with van der Waals surface area (Å²) in [6.07, 6.45) is 0. The number of rotatable bonds is 7. The Balaban J connectivity index is 1.74. The minimum absolute atomic E-state index is 0.000617. The maximum Gasteiger partial charge on any atom is 0.295 e. The first kappa shape index (κ1) is 26.0. The molecule has 2 fully saturated rings. The molecule has 0 saturated carbocycles. The molecule has 192 valence electrons. The van der Waals surface area contributed by atoms with Gasteiger partial charge in [0.1, 0.15) is 11.6 Å². The van der Waals surface area contributed by atoms with Crippen LogP contribution in [0.3, 0.4) is 0 Å². The number of ketones is 1. The van der Waals surface area contributed by atoms with Crippen molar-refractivity contribution in [3.8, 4) is 0 Å². The summed E-state index contributed by atoms with van der Waals surface area (Å²) in [7, 11) is -0.903. The van der Waals surface area contributed by atoms with Crippen molar-refractivity contribution in [2.75, 3.05) is 53.5 Å². The number of amides is 1. The zero-order valence-corrected chi connectivity index (χ0v) is 20.9. The molecule has 36 heavy (non-hydrogen) atoms. The average molecular weight is 518 g/mol. The van der Waals surface area contributed by atoms with E-state index in [1.54, 1.807) is 6.07 Å². The molecule has 0 bridgehead atoms. The van der Waals surface area contributed by atoms with Crippen LogP contribution in [0.4, 0.5) is 4.39 Å². The lowest BCUT2D eigenvalue weighted by molar-refractivity contribution is -0.140. The highest BCUT2D eigenvalue weighted by Crippen LogP contribution is 2.40. The molecule has 1 amide bonds. The van der Waals surface area contributed by atoms with Gasteiger partial charge in [0.15, 0.2) is 0 Å². The van der Waals surface area contributed by atoms with Crippen molar-refractivity contribution in [2.45, 2.75) is 10.9 Å².